The van der Waals surface area contributed by atoms with Gasteiger partial charge in [-0.25, -0.2) is 0 Å². The number of hydrogen-bond acceptors (Lipinski definition) is 8. The van der Waals surface area contributed by atoms with Gasteiger partial charge in [0.2, 0.25) is 5.89 Å². The second-order valence-corrected chi connectivity index (χ2v) is 6.52. The highest BCUT2D eigenvalue weighted by Gasteiger charge is 2.27. The van der Waals surface area contributed by atoms with Gasteiger partial charge in [-0.05, 0) is 18.5 Å². The molecule has 1 N–H and O–H groups in total. The zero-order chi connectivity index (χ0) is 17.1. The number of rotatable bonds is 5. The fourth-order valence-corrected chi connectivity index (χ4v) is 3.49. The lowest BCUT2D eigenvalue weighted by Crippen LogP contribution is -2.48. The van der Waals surface area contributed by atoms with Crippen LogP contribution in [-0.4, -0.2) is 63.4 Å². The number of carbonyl (C=O) groups excluding carboxylic acids is 1. The van der Waals surface area contributed by atoms with E-state index in [0.717, 1.165) is 30.2 Å². The summed E-state index contributed by atoms with van der Waals surface area (Å²) in [5.41, 5.74) is 1.48. The van der Waals surface area contributed by atoms with Crippen molar-refractivity contribution < 1.29 is 9.32 Å². The van der Waals surface area contributed by atoms with Crippen molar-refractivity contribution in [3.63, 3.8) is 0 Å². The standard InChI is InChI=1S/C15H22N6O2S/c1-4-12-17-11(18-23-12)9-20-5-7-21(8-6-20)15(22)13-10(2)19-24-14(13)16-3/h16H,4-9H2,1-3H3. The summed E-state index contributed by atoms with van der Waals surface area (Å²) in [5.74, 6) is 1.43. The first kappa shape index (κ1) is 16.8. The molecule has 1 fully saturated rings. The summed E-state index contributed by atoms with van der Waals surface area (Å²) in [7, 11) is 1.82. The lowest BCUT2D eigenvalue weighted by Gasteiger charge is -2.34. The van der Waals surface area contributed by atoms with E-state index in [9.17, 15) is 4.79 Å². The number of anilines is 1. The number of carbonyl (C=O) groups is 1. The minimum atomic E-state index is 0.0538. The molecule has 2 aromatic rings. The lowest BCUT2D eigenvalue weighted by atomic mass is 10.2. The van der Waals surface area contributed by atoms with E-state index < -0.39 is 0 Å². The van der Waals surface area contributed by atoms with Crippen molar-refractivity contribution in [1.29, 1.82) is 0 Å². The smallest absolute Gasteiger partial charge is 0.258 e. The lowest BCUT2D eigenvalue weighted by molar-refractivity contribution is 0.0625. The number of hydrogen-bond donors (Lipinski definition) is 1. The molecule has 0 unspecified atom stereocenters. The molecule has 3 rings (SSSR count). The van der Waals surface area contributed by atoms with Crippen molar-refractivity contribution in [1.82, 2.24) is 24.3 Å². The highest BCUT2D eigenvalue weighted by molar-refractivity contribution is 7.10. The summed E-state index contributed by atoms with van der Waals surface area (Å²) in [6.07, 6.45) is 0.747. The average Bonchev–Trinajstić information content (AvgIpc) is 3.21. The number of nitrogens with zero attached hydrogens (tertiary/aromatic N) is 5. The van der Waals surface area contributed by atoms with Gasteiger partial charge in [-0.1, -0.05) is 12.1 Å². The SMILES string of the molecule is CCc1nc(CN2CCN(C(=O)c3c(C)nsc3NC)CC2)no1. The molecule has 8 nitrogen and oxygen atoms in total. The first-order valence-electron chi connectivity index (χ1n) is 8.09. The van der Waals surface area contributed by atoms with Gasteiger partial charge in [0.05, 0.1) is 17.8 Å². The van der Waals surface area contributed by atoms with Crippen LogP contribution in [0, 0.1) is 6.92 Å². The van der Waals surface area contributed by atoms with E-state index in [2.05, 4.69) is 24.7 Å². The largest absolute Gasteiger partial charge is 0.378 e. The molecule has 0 atom stereocenters. The molecule has 0 bridgehead atoms. The van der Waals surface area contributed by atoms with Gasteiger partial charge in [0, 0.05) is 39.6 Å². The zero-order valence-corrected chi connectivity index (χ0v) is 15.0. The van der Waals surface area contributed by atoms with Crippen molar-refractivity contribution in [3.05, 3.63) is 23.0 Å². The Morgan fingerprint density at radius 1 is 1.33 bits per heavy atom. The van der Waals surface area contributed by atoms with Crippen molar-refractivity contribution in [2.45, 2.75) is 26.8 Å². The second kappa shape index (κ2) is 7.27. The summed E-state index contributed by atoms with van der Waals surface area (Å²) in [4.78, 5) is 21.2. The third-order valence-corrected chi connectivity index (χ3v) is 5.10. The van der Waals surface area contributed by atoms with Gasteiger partial charge >= 0.3 is 0 Å². The number of nitrogens with one attached hydrogen (secondary N) is 1. The monoisotopic (exact) mass is 350 g/mol. The Kier molecular flexibility index (Phi) is 5.10. The van der Waals surface area contributed by atoms with E-state index >= 15 is 0 Å². The molecular weight excluding hydrogens is 328 g/mol. The molecule has 1 aliphatic rings. The second-order valence-electron chi connectivity index (χ2n) is 5.75. The quantitative estimate of drug-likeness (QED) is 0.872. The predicted octanol–water partition coefficient (Wildman–Crippen LogP) is 1.40. The molecule has 0 radical (unpaired) electrons. The normalized spacial score (nSPS) is 15.7. The third-order valence-electron chi connectivity index (χ3n) is 4.14. The van der Waals surface area contributed by atoms with Crippen LogP contribution < -0.4 is 5.32 Å². The Hall–Kier alpha value is -2.00. The van der Waals surface area contributed by atoms with Crippen LogP contribution in [0.2, 0.25) is 0 Å². The van der Waals surface area contributed by atoms with Crippen LogP contribution in [-0.2, 0) is 13.0 Å². The van der Waals surface area contributed by atoms with Crippen molar-refractivity contribution in [2.75, 3.05) is 38.5 Å². The Labute approximate surface area is 145 Å². The van der Waals surface area contributed by atoms with Gasteiger partial charge in [-0.15, -0.1) is 0 Å². The highest BCUT2D eigenvalue weighted by Crippen LogP contribution is 2.25. The van der Waals surface area contributed by atoms with Crippen LogP contribution in [0.5, 0.6) is 0 Å². The summed E-state index contributed by atoms with van der Waals surface area (Å²) < 4.78 is 9.42. The van der Waals surface area contributed by atoms with Crippen LogP contribution in [0.15, 0.2) is 4.52 Å². The van der Waals surface area contributed by atoms with Crippen molar-refractivity contribution in [3.8, 4) is 0 Å². The average molecular weight is 350 g/mol. The first-order valence-corrected chi connectivity index (χ1v) is 8.86. The first-order chi connectivity index (χ1) is 11.6. The number of piperazine rings is 1. The molecule has 1 saturated heterocycles. The molecule has 2 aromatic heterocycles. The topological polar surface area (TPSA) is 87.4 Å². The van der Waals surface area contributed by atoms with Crippen LogP contribution in [0.1, 0.15) is 34.7 Å². The maximum absolute atomic E-state index is 12.8. The van der Waals surface area contributed by atoms with Crippen LogP contribution in [0.3, 0.4) is 0 Å². The molecule has 130 valence electrons. The van der Waals surface area contributed by atoms with E-state index in [1.807, 2.05) is 25.8 Å². The third kappa shape index (κ3) is 3.41. The van der Waals surface area contributed by atoms with Gasteiger partial charge in [0.1, 0.15) is 5.00 Å². The maximum Gasteiger partial charge on any atom is 0.258 e. The molecule has 9 heteroatoms. The molecule has 0 aromatic carbocycles. The number of aromatic nitrogens is 3. The van der Waals surface area contributed by atoms with E-state index in [1.165, 1.54) is 11.5 Å². The maximum atomic E-state index is 12.8. The van der Waals surface area contributed by atoms with Crippen molar-refractivity contribution >= 4 is 22.4 Å². The molecule has 0 saturated carbocycles. The number of amides is 1. The van der Waals surface area contributed by atoms with Gasteiger partial charge in [-0.2, -0.15) is 9.36 Å². The van der Waals surface area contributed by atoms with E-state index in [-0.39, 0.29) is 5.91 Å². The fraction of sp³-hybridized carbons (Fsp3) is 0.600. The van der Waals surface area contributed by atoms with Crippen LogP contribution in [0.4, 0.5) is 5.00 Å². The molecule has 0 aliphatic carbocycles. The molecule has 24 heavy (non-hydrogen) atoms. The zero-order valence-electron chi connectivity index (χ0n) is 14.2. The Bertz CT molecular complexity index is 705. The van der Waals surface area contributed by atoms with E-state index in [0.29, 0.717) is 36.9 Å². The van der Waals surface area contributed by atoms with Gasteiger partial charge in [0.15, 0.2) is 5.82 Å². The summed E-state index contributed by atoms with van der Waals surface area (Å²) in [6.45, 7) is 7.50. The molecular formula is C15H22N6O2S. The molecule has 1 aliphatic heterocycles. The van der Waals surface area contributed by atoms with Gasteiger partial charge in [0.25, 0.3) is 5.91 Å². The Balaban J connectivity index is 1.58. The molecule has 0 spiro atoms. The van der Waals surface area contributed by atoms with Crippen molar-refractivity contribution in [2.24, 2.45) is 0 Å². The molecule has 1 amide bonds. The van der Waals surface area contributed by atoms with Gasteiger partial charge in [-0.3, -0.25) is 9.69 Å². The predicted molar refractivity (Wildman–Crippen MR) is 91.3 cm³/mol. The minimum Gasteiger partial charge on any atom is -0.378 e. The Morgan fingerprint density at radius 2 is 2.08 bits per heavy atom. The van der Waals surface area contributed by atoms with Gasteiger partial charge < -0.3 is 14.7 Å². The fourth-order valence-electron chi connectivity index (χ4n) is 2.76. The van der Waals surface area contributed by atoms with E-state index in [1.54, 1.807) is 0 Å². The Morgan fingerprint density at radius 3 is 2.71 bits per heavy atom. The minimum absolute atomic E-state index is 0.0538. The van der Waals surface area contributed by atoms with Crippen LogP contribution in [0.25, 0.3) is 0 Å². The number of aryl methyl sites for hydroxylation is 2. The van der Waals surface area contributed by atoms with E-state index in [4.69, 9.17) is 4.52 Å². The summed E-state index contributed by atoms with van der Waals surface area (Å²) >= 11 is 1.33. The summed E-state index contributed by atoms with van der Waals surface area (Å²) in [6, 6.07) is 0. The molecule has 3 heterocycles. The highest BCUT2D eigenvalue weighted by atomic mass is 32.1. The summed E-state index contributed by atoms with van der Waals surface area (Å²) in [5, 5.41) is 7.88. The van der Waals surface area contributed by atoms with Crippen LogP contribution >= 0.6 is 11.5 Å².